The van der Waals surface area contributed by atoms with Crippen LogP contribution in [-0.2, 0) is 17.9 Å². The molecule has 5 heteroatoms. The van der Waals surface area contributed by atoms with Crippen molar-refractivity contribution < 1.29 is 9.59 Å². The highest BCUT2D eigenvalue weighted by molar-refractivity contribution is 6.01. The number of nitrogens with one attached hydrogen (secondary N) is 1. The molecule has 0 atom stereocenters. The van der Waals surface area contributed by atoms with Gasteiger partial charge in [0.25, 0.3) is 0 Å². The van der Waals surface area contributed by atoms with Crippen LogP contribution in [0.1, 0.15) is 11.1 Å². The predicted octanol–water partition coefficient (Wildman–Crippen LogP) is 0.197. The van der Waals surface area contributed by atoms with Crippen molar-refractivity contribution in [1.29, 1.82) is 0 Å². The minimum absolute atomic E-state index is 0.0869. The standard InChI is InChI=1S/C11H13N3O2/c12-5-8-3-1-2-4-9(8)7-14-10(15)6-13-11(14)16/h1-4H,5-7,12H2,(H,13,16). The Bertz CT molecular complexity index is 415. The Kier molecular flexibility index (Phi) is 2.87. The molecule has 1 saturated heterocycles. The molecule has 2 rings (SSSR count). The van der Waals surface area contributed by atoms with Gasteiger partial charge in [-0.2, -0.15) is 0 Å². The lowest BCUT2D eigenvalue weighted by molar-refractivity contribution is -0.125. The van der Waals surface area contributed by atoms with Crippen molar-refractivity contribution in [1.82, 2.24) is 10.2 Å². The van der Waals surface area contributed by atoms with E-state index >= 15 is 0 Å². The summed E-state index contributed by atoms with van der Waals surface area (Å²) in [4.78, 5) is 24.0. The summed E-state index contributed by atoms with van der Waals surface area (Å²) in [6, 6.07) is 7.19. The number of rotatable bonds is 3. The van der Waals surface area contributed by atoms with Gasteiger partial charge in [0.15, 0.2) is 0 Å². The zero-order valence-electron chi connectivity index (χ0n) is 8.77. The van der Waals surface area contributed by atoms with E-state index in [1.165, 1.54) is 4.90 Å². The number of imide groups is 1. The Hall–Kier alpha value is -1.88. The number of benzene rings is 1. The van der Waals surface area contributed by atoms with Gasteiger partial charge in [-0.25, -0.2) is 4.79 Å². The summed E-state index contributed by atoms with van der Waals surface area (Å²) in [5.41, 5.74) is 7.46. The van der Waals surface area contributed by atoms with Crippen LogP contribution in [0.2, 0.25) is 0 Å². The maximum Gasteiger partial charge on any atom is 0.324 e. The number of urea groups is 1. The number of nitrogens with zero attached hydrogens (tertiary/aromatic N) is 1. The fourth-order valence-electron chi connectivity index (χ4n) is 1.70. The van der Waals surface area contributed by atoms with Crippen LogP contribution in [0.4, 0.5) is 4.79 Å². The van der Waals surface area contributed by atoms with Crippen molar-refractivity contribution in [3.05, 3.63) is 35.4 Å². The third kappa shape index (κ3) is 1.90. The molecule has 16 heavy (non-hydrogen) atoms. The van der Waals surface area contributed by atoms with Gasteiger partial charge in [0, 0.05) is 6.54 Å². The molecule has 5 nitrogen and oxygen atoms in total. The van der Waals surface area contributed by atoms with Crippen molar-refractivity contribution in [2.45, 2.75) is 13.1 Å². The number of amides is 3. The molecule has 1 heterocycles. The lowest BCUT2D eigenvalue weighted by Crippen LogP contribution is -2.30. The average molecular weight is 219 g/mol. The Labute approximate surface area is 93.2 Å². The molecule has 1 aromatic carbocycles. The largest absolute Gasteiger partial charge is 0.329 e. The van der Waals surface area contributed by atoms with Crippen LogP contribution in [0.5, 0.6) is 0 Å². The third-order valence-electron chi connectivity index (χ3n) is 2.60. The highest BCUT2D eigenvalue weighted by atomic mass is 16.2. The molecule has 0 bridgehead atoms. The monoisotopic (exact) mass is 219 g/mol. The second-order valence-electron chi connectivity index (χ2n) is 3.61. The Morgan fingerprint density at radius 2 is 1.94 bits per heavy atom. The summed E-state index contributed by atoms with van der Waals surface area (Å²) in [7, 11) is 0. The smallest absolute Gasteiger partial charge is 0.324 e. The van der Waals surface area contributed by atoms with Crippen LogP contribution in [0, 0.1) is 0 Å². The molecule has 1 fully saturated rings. The SMILES string of the molecule is NCc1ccccc1CN1C(=O)CNC1=O. The molecule has 3 amide bonds. The first-order valence-electron chi connectivity index (χ1n) is 5.07. The lowest BCUT2D eigenvalue weighted by atomic mass is 10.1. The van der Waals surface area contributed by atoms with Gasteiger partial charge in [0.05, 0.1) is 13.1 Å². The van der Waals surface area contributed by atoms with Crippen molar-refractivity contribution in [2.24, 2.45) is 5.73 Å². The summed E-state index contributed by atoms with van der Waals surface area (Å²) in [6.07, 6.45) is 0. The van der Waals surface area contributed by atoms with Crippen molar-refractivity contribution in [3.63, 3.8) is 0 Å². The van der Waals surface area contributed by atoms with E-state index in [1.54, 1.807) is 0 Å². The molecule has 0 radical (unpaired) electrons. The van der Waals surface area contributed by atoms with Crippen LogP contribution in [-0.4, -0.2) is 23.4 Å². The molecule has 0 saturated carbocycles. The maximum atomic E-state index is 11.4. The van der Waals surface area contributed by atoms with Crippen LogP contribution in [0.3, 0.4) is 0 Å². The van der Waals surface area contributed by atoms with E-state index in [2.05, 4.69) is 5.32 Å². The molecule has 1 aromatic rings. The van der Waals surface area contributed by atoms with Crippen LogP contribution >= 0.6 is 0 Å². The van der Waals surface area contributed by atoms with E-state index in [4.69, 9.17) is 5.73 Å². The minimum Gasteiger partial charge on any atom is -0.329 e. The molecule has 0 aromatic heterocycles. The number of hydrogen-bond acceptors (Lipinski definition) is 3. The average Bonchev–Trinajstić information content (AvgIpc) is 2.61. The third-order valence-corrected chi connectivity index (χ3v) is 2.60. The zero-order chi connectivity index (χ0) is 11.5. The molecule has 1 aliphatic rings. The predicted molar refractivity (Wildman–Crippen MR) is 58.3 cm³/mol. The maximum absolute atomic E-state index is 11.4. The van der Waals surface area contributed by atoms with E-state index in [-0.39, 0.29) is 25.0 Å². The summed E-state index contributed by atoms with van der Waals surface area (Å²) in [5.74, 6) is -0.197. The van der Waals surface area contributed by atoms with E-state index in [9.17, 15) is 9.59 Å². The van der Waals surface area contributed by atoms with Gasteiger partial charge >= 0.3 is 6.03 Å². The van der Waals surface area contributed by atoms with Gasteiger partial charge in [-0.15, -0.1) is 0 Å². The first-order chi connectivity index (χ1) is 7.72. The summed E-state index contributed by atoms with van der Waals surface area (Å²) >= 11 is 0. The number of carbonyl (C=O) groups is 2. The van der Waals surface area contributed by atoms with Crippen LogP contribution in [0.15, 0.2) is 24.3 Å². The van der Waals surface area contributed by atoms with Gasteiger partial charge in [0.2, 0.25) is 5.91 Å². The van der Waals surface area contributed by atoms with Gasteiger partial charge < -0.3 is 11.1 Å². The van der Waals surface area contributed by atoms with E-state index in [0.717, 1.165) is 11.1 Å². The van der Waals surface area contributed by atoms with Crippen LogP contribution < -0.4 is 11.1 Å². The molecular weight excluding hydrogens is 206 g/mol. The summed E-state index contributed by atoms with van der Waals surface area (Å²) in [5, 5.41) is 2.48. The topological polar surface area (TPSA) is 75.4 Å². The quantitative estimate of drug-likeness (QED) is 0.713. The zero-order valence-corrected chi connectivity index (χ0v) is 8.77. The van der Waals surface area contributed by atoms with Gasteiger partial charge in [-0.05, 0) is 11.1 Å². The van der Waals surface area contributed by atoms with E-state index < -0.39 is 0 Å². The molecular formula is C11H13N3O2. The Morgan fingerprint density at radius 1 is 1.25 bits per heavy atom. The second-order valence-corrected chi connectivity index (χ2v) is 3.61. The molecule has 0 aliphatic carbocycles. The van der Waals surface area contributed by atoms with Gasteiger partial charge in [0.1, 0.15) is 0 Å². The molecule has 0 unspecified atom stereocenters. The molecule has 0 spiro atoms. The van der Waals surface area contributed by atoms with Crippen molar-refractivity contribution in [3.8, 4) is 0 Å². The first kappa shape index (κ1) is 10.6. The number of carbonyl (C=O) groups excluding carboxylic acids is 2. The van der Waals surface area contributed by atoms with E-state index in [0.29, 0.717) is 6.54 Å². The first-order valence-corrected chi connectivity index (χ1v) is 5.07. The summed E-state index contributed by atoms with van der Waals surface area (Å²) in [6.45, 7) is 0.779. The number of nitrogens with two attached hydrogens (primary N) is 1. The molecule has 84 valence electrons. The van der Waals surface area contributed by atoms with E-state index in [1.807, 2.05) is 24.3 Å². The Balaban J connectivity index is 2.20. The molecule has 1 aliphatic heterocycles. The minimum atomic E-state index is -0.336. The van der Waals surface area contributed by atoms with Crippen molar-refractivity contribution >= 4 is 11.9 Å². The Morgan fingerprint density at radius 3 is 2.50 bits per heavy atom. The fraction of sp³-hybridized carbons (Fsp3) is 0.273. The van der Waals surface area contributed by atoms with Crippen LogP contribution in [0.25, 0.3) is 0 Å². The molecule has 3 N–H and O–H groups in total. The van der Waals surface area contributed by atoms with Gasteiger partial charge in [-0.3, -0.25) is 9.69 Å². The van der Waals surface area contributed by atoms with Gasteiger partial charge in [-0.1, -0.05) is 24.3 Å². The second kappa shape index (κ2) is 4.32. The number of hydrogen-bond donors (Lipinski definition) is 2. The fourth-order valence-corrected chi connectivity index (χ4v) is 1.70. The summed E-state index contributed by atoms with van der Waals surface area (Å²) < 4.78 is 0. The highest BCUT2D eigenvalue weighted by Crippen LogP contribution is 2.13. The normalized spacial score (nSPS) is 15.4. The van der Waals surface area contributed by atoms with Crippen molar-refractivity contribution in [2.75, 3.05) is 6.54 Å². The highest BCUT2D eigenvalue weighted by Gasteiger charge is 2.28. The lowest BCUT2D eigenvalue weighted by Gasteiger charge is -2.14.